The van der Waals surface area contributed by atoms with E-state index in [1.54, 1.807) is 53.4 Å². The highest BCUT2D eigenvalue weighted by Gasteiger charge is 2.35. The highest BCUT2D eigenvalue weighted by molar-refractivity contribution is 7.91. The van der Waals surface area contributed by atoms with Crippen molar-refractivity contribution in [3.63, 3.8) is 0 Å². The van der Waals surface area contributed by atoms with Crippen molar-refractivity contribution in [3.05, 3.63) is 77.8 Å². The summed E-state index contributed by atoms with van der Waals surface area (Å²) in [6, 6.07) is 15.8. The molecule has 1 amide bonds. The minimum Gasteiger partial charge on any atom is -0.494 e. The average molecular weight is 458 g/mol. The zero-order chi connectivity index (χ0) is 22.7. The molecule has 0 radical (unpaired) electrons. The Morgan fingerprint density at radius 2 is 1.81 bits per heavy atom. The SMILES string of the molecule is CCOc1ccc(C(=O)N(Cc2ccc(-c3ccc(F)cc3)o2)C2CCS(=O)(=O)C2)cc1. The van der Waals surface area contributed by atoms with Gasteiger partial charge in [0.25, 0.3) is 5.91 Å². The van der Waals surface area contributed by atoms with Gasteiger partial charge >= 0.3 is 0 Å². The Morgan fingerprint density at radius 1 is 1.09 bits per heavy atom. The smallest absolute Gasteiger partial charge is 0.254 e. The second-order valence-electron chi connectivity index (χ2n) is 7.72. The van der Waals surface area contributed by atoms with Gasteiger partial charge < -0.3 is 14.1 Å². The van der Waals surface area contributed by atoms with Crippen LogP contribution in [0.5, 0.6) is 5.75 Å². The van der Waals surface area contributed by atoms with Crippen LogP contribution in [0.3, 0.4) is 0 Å². The van der Waals surface area contributed by atoms with Crippen LogP contribution >= 0.6 is 0 Å². The lowest BCUT2D eigenvalue weighted by atomic mass is 10.1. The van der Waals surface area contributed by atoms with Crippen molar-refractivity contribution in [2.24, 2.45) is 0 Å². The number of hydrogen-bond acceptors (Lipinski definition) is 5. The van der Waals surface area contributed by atoms with Gasteiger partial charge in [-0.1, -0.05) is 0 Å². The minimum absolute atomic E-state index is 0.0592. The number of benzene rings is 2. The van der Waals surface area contributed by atoms with E-state index in [4.69, 9.17) is 9.15 Å². The summed E-state index contributed by atoms with van der Waals surface area (Å²) in [6.45, 7) is 2.53. The summed E-state index contributed by atoms with van der Waals surface area (Å²) in [5, 5.41) is 0. The standard InChI is InChI=1S/C24H24FNO5S/c1-2-30-21-9-5-18(6-10-21)24(27)26(20-13-14-32(28,29)16-20)15-22-11-12-23(31-22)17-3-7-19(25)8-4-17/h3-12,20H,2,13-16H2,1H3. The van der Waals surface area contributed by atoms with Crippen molar-refractivity contribution in [1.29, 1.82) is 0 Å². The van der Waals surface area contributed by atoms with E-state index >= 15 is 0 Å². The monoisotopic (exact) mass is 457 g/mol. The minimum atomic E-state index is -3.18. The van der Waals surface area contributed by atoms with Crippen LogP contribution in [0.1, 0.15) is 29.5 Å². The Balaban J connectivity index is 1.58. The molecule has 8 heteroatoms. The molecule has 4 rings (SSSR count). The molecule has 1 fully saturated rings. The molecular formula is C24H24FNO5S. The van der Waals surface area contributed by atoms with Crippen molar-refractivity contribution in [3.8, 4) is 17.1 Å². The lowest BCUT2D eigenvalue weighted by Gasteiger charge is -2.27. The maximum Gasteiger partial charge on any atom is 0.254 e. The van der Waals surface area contributed by atoms with Gasteiger partial charge in [-0.3, -0.25) is 4.79 Å². The van der Waals surface area contributed by atoms with Crippen LogP contribution in [0.2, 0.25) is 0 Å². The molecular weight excluding hydrogens is 433 g/mol. The number of sulfone groups is 1. The van der Waals surface area contributed by atoms with Crippen LogP contribution < -0.4 is 4.74 Å². The van der Waals surface area contributed by atoms with Crippen molar-refractivity contribution >= 4 is 15.7 Å². The molecule has 168 valence electrons. The van der Waals surface area contributed by atoms with E-state index in [9.17, 15) is 17.6 Å². The summed E-state index contributed by atoms with van der Waals surface area (Å²) in [7, 11) is -3.18. The van der Waals surface area contributed by atoms with E-state index in [0.717, 1.165) is 0 Å². The first kappa shape index (κ1) is 22.1. The number of carbonyl (C=O) groups is 1. The van der Waals surface area contributed by atoms with Crippen molar-refractivity contribution in [2.75, 3.05) is 18.1 Å². The van der Waals surface area contributed by atoms with Crippen LogP contribution in [0.15, 0.2) is 65.1 Å². The molecule has 1 unspecified atom stereocenters. The predicted molar refractivity (Wildman–Crippen MR) is 119 cm³/mol. The number of hydrogen-bond donors (Lipinski definition) is 0. The first-order valence-electron chi connectivity index (χ1n) is 10.4. The lowest BCUT2D eigenvalue weighted by molar-refractivity contribution is 0.0666. The number of carbonyl (C=O) groups excluding carboxylic acids is 1. The van der Waals surface area contributed by atoms with E-state index in [0.29, 0.717) is 41.4 Å². The van der Waals surface area contributed by atoms with E-state index in [1.807, 2.05) is 6.92 Å². The van der Waals surface area contributed by atoms with Crippen LogP contribution in [0.4, 0.5) is 4.39 Å². The number of amides is 1. The quantitative estimate of drug-likeness (QED) is 0.528. The van der Waals surface area contributed by atoms with Gasteiger partial charge in [0.05, 0.1) is 24.7 Å². The van der Waals surface area contributed by atoms with Gasteiger partial charge in [-0.25, -0.2) is 12.8 Å². The van der Waals surface area contributed by atoms with Crippen molar-refractivity contribution < 1.29 is 26.8 Å². The molecule has 0 spiro atoms. The van der Waals surface area contributed by atoms with Gasteiger partial charge in [-0.15, -0.1) is 0 Å². The maximum atomic E-state index is 13.3. The molecule has 1 saturated heterocycles. The summed E-state index contributed by atoms with van der Waals surface area (Å²) >= 11 is 0. The molecule has 0 aliphatic carbocycles. The number of ether oxygens (including phenoxy) is 1. The van der Waals surface area contributed by atoms with Crippen LogP contribution in [0, 0.1) is 5.82 Å². The second kappa shape index (κ2) is 9.16. The van der Waals surface area contributed by atoms with Crippen LogP contribution in [0.25, 0.3) is 11.3 Å². The van der Waals surface area contributed by atoms with Gasteiger partial charge in [0.1, 0.15) is 23.1 Å². The molecule has 3 aromatic rings. The first-order chi connectivity index (χ1) is 15.3. The van der Waals surface area contributed by atoms with E-state index in [-0.39, 0.29) is 29.8 Å². The Morgan fingerprint density at radius 3 is 2.44 bits per heavy atom. The highest BCUT2D eigenvalue weighted by atomic mass is 32.2. The Kier molecular flexibility index (Phi) is 6.32. The van der Waals surface area contributed by atoms with Crippen molar-refractivity contribution in [1.82, 2.24) is 4.90 Å². The highest BCUT2D eigenvalue weighted by Crippen LogP contribution is 2.27. The largest absolute Gasteiger partial charge is 0.494 e. The summed E-state index contributed by atoms with van der Waals surface area (Å²) < 4.78 is 48.7. The normalized spacial score (nSPS) is 17.2. The number of furan rings is 1. The zero-order valence-electron chi connectivity index (χ0n) is 17.7. The summed E-state index contributed by atoms with van der Waals surface area (Å²) in [6.07, 6.45) is 0.386. The van der Waals surface area contributed by atoms with E-state index in [1.165, 1.54) is 12.1 Å². The van der Waals surface area contributed by atoms with E-state index in [2.05, 4.69) is 0 Å². The van der Waals surface area contributed by atoms with Gasteiger partial charge in [0, 0.05) is 17.2 Å². The fourth-order valence-corrected chi connectivity index (χ4v) is 5.54. The first-order valence-corrected chi connectivity index (χ1v) is 12.3. The molecule has 2 aromatic carbocycles. The second-order valence-corrected chi connectivity index (χ2v) is 9.95. The van der Waals surface area contributed by atoms with Gasteiger partial charge in [0.15, 0.2) is 9.84 Å². The summed E-state index contributed by atoms with van der Waals surface area (Å²) in [5.41, 5.74) is 1.16. The van der Waals surface area contributed by atoms with E-state index < -0.39 is 15.9 Å². The molecule has 0 N–H and O–H groups in total. The maximum absolute atomic E-state index is 13.3. The number of nitrogens with zero attached hydrogens (tertiary/aromatic N) is 1. The summed E-state index contributed by atoms with van der Waals surface area (Å²) in [4.78, 5) is 14.9. The van der Waals surface area contributed by atoms with Crippen LogP contribution in [-0.4, -0.2) is 43.4 Å². The molecule has 1 aromatic heterocycles. The topological polar surface area (TPSA) is 76.8 Å². The van der Waals surface area contributed by atoms with Crippen molar-refractivity contribution in [2.45, 2.75) is 25.9 Å². The predicted octanol–water partition coefficient (Wildman–Crippen LogP) is 4.31. The molecule has 1 aliphatic heterocycles. The number of rotatable bonds is 7. The third-order valence-corrected chi connectivity index (χ3v) is 7.19. The van der Waals surface area contributed by atoms with Gasteiger partial charge in [-0.2, -0.15) is 0 Å². The molecule has 1 aliphatic rings. The van der Waals surface area contributed by atoms with Crippen LogP contribution in [-0.2, 0) is 16.4 Å². The average Bonchev–Trinajstić information content (AvgIpc) is 3.39. The molecule has 0 saturated carbocycles. The molecule has 6 nitrogen and oxygen atoms in total. The van der Waals surface area contributed by atoms with Gasteiger partial charge in [0.2, 0.25) is 0 Å². The fraction of sp³-hybridized carbons (Fsp3) is 0.292. The summed E-state index contributed by atoms with van der Waals surface area (Å²) in [5.74, 6) is 1.12. The fourth-order valence-electron chi connectivity index (χ4n) is 3.81. The third-order valence-electron chi connectivity index (χ3n) is 5.44. The number of halogens is 1. The molecule has 32 heavy (non-hydrogen) atoms. The lowest BCUT2D eigenvalue weighted by Crippen LogP contribution is -2.40. The van der Waals surface area contributed by atoms with Gasteiger partial charge in [-0.05, 0) is 74.0 Å². The zero-order valence-corrected chi connectivity index (χ0v) is 18.5. The Labute approximate surface area is 186 Å². The Bertz CT molecular complexity index is 1190. The molecule has 0 bridgehead atoms. The molecule has 2 heterocycles. The Hall–Kier alpha value is -3.13. The third kappa shape index (κ3) is 5.02. The molecule has 1 atom stereocenters.